The lowest BCUT2D eigenvalue weighted by Gasteiger charge is -2.15. The predicted octanol–water partition coefficient (Wildman–Crippen LogP) is 5.91. The van der Waals surface area contributed by atoms with E-state index in [-0.39, 0.29) is 0 Å². The van der Waals surface area contributed by atoms with Crippen LogP contribution in [0.25, 0.3) is 0 Å². The van der Waals surface area contributed by atoms with E-state index in [1.807, 2.05) is 42.5 Å². The molecule has 0 aliphatic heterocycles. The minimum Gasteiger partial charge on any atom is -0.493 e. The second-order valence-electron chi connectivity index (χ2n) is 6.44. The molecule has 28 heavy (non-hydrogen) atoms. The van der Waals surface area contributed by atoms with E-state index in [9.17, 15) is 0 Å². The average molecular weight is 416 g/mol. The van der Waals surface area contributed by atoms with Crippen molar-refractivity contribution in [2.24, 2.45) is 0 Å². The van der Waals surface area contributed by atoms with Gasteiger partial charge in [0.2, 0.25) is 0 Å². The number of rotatable bonds is 9. The van der Waals surface area contributed by atoms with Gasteiger partial charge in [-0.1, -0.05) is 65.7 Å². The fourth-order valence-electron chi connectivity index (χ4n) is 2.86. The van der Waals surface area contributed by atoms with Crippen LogP contribution in [0.3, 0.4) is 0 Å². The zero-order valence-corrected chi connectivity index (χ0v) is 17.3. The highest BCUT2D eigenvalue weighted by molar-refractivity contribution is 6.32. The minimum absolute atomic E-state index is 0.391. The molecule has 5 heteroatoms. The van der Waals surface area contributed by atoms with Crippen LogP contribution in [0.4, 0.5) is 0 Å². The number of hydrogen-bond donors (Lipinski definition) is 1. The number of nitrogens with one attached hydrogen (secondary N) is 1. The largest absolute Gasteiger partial charge is 0.493 e. The van der Waals surface area contributed by atoms with Crippen molar-refractivity contribution in [3.8, 4) is 11.5 Å². The van der Waals surface area contributed by atoms with Gasteiger partial charge >= 0.3 is 0 Å². The van der Waals surface area contributed by atoms with E-state index in [0.29, 0.717) is 34.7 Å². The predicted molar refractivity (Wildman–Crippen MR) is 116 cm³/mol. The van der Waals surface area contributed by atoms with Crippen LogP contribution in [0.15, 0.2) is 66.7 Å². The maximum Gasteiger partial charge on any atom is 0.180 e. The number of ether oxygens (including phenoxy) is 2. The molecule has 146 valence electrons. The van der Waals surface area contributed by atoms with Crippen molar-refractivity contribution in [2.75, 3.05) is 13.7 Å². The van der Waals surface area contributed by atoms with Gasteiger partial charge in [-0.2, -0.15) is 0 Å². The fraction of sp³-hybridized carbons (Fsp3) is 0.217. The third-order valence-corrected chi connectivity index (χ3v) is 4.88. The Morgan fingerprint density at radius 3 is 2.32 bits per heavy atom. The first kappa shape index (κ1) is 20.5. The first-order valence-electron chi connectivity index (χ1n) is 9.14. The summed E-state index contributed by atoms with van der Waals surface area (Å²) in [4.78, 5) is 0. The summed E-state index contributed by atoms with van der Waals surface area (Å²) in [5.74, 6) is 1.17. The molecule has 0 aliphatic carbocycles. The topological polar surface area (TPSA) is 30.5 Å². The summed E-state index contributed by atoms with van der Waals surface area (Å²) >= 11 is 12.4. The zero-order chi connectivity index (χ0) is 19.8. The summed E-state index contributed by atoms with van der Waals surface area (Å²) in [5.41, 5.74) is 3.37. The van der Waals surface area contributed by atoms with E-state index in [4.69, 9.17) is 32.7 Å². The van der Waals surface area contributed by atoms with Crippen LogP contribution in [-0.4, -0.2) is 13.7 Å². The molecule has 0 fully saturated rings. The third kappa shape index (κ3) is 5.90. The smallest absolute Gasteiger partial charge is 0.180 e. The number of hydrogen-bond acceptors (Lipinski definition) is 3. The average Bonchev–Trinajstić information content (AvgIpc) is 2.72. The number of methoxy groups -OCH3 is 1. The van der Waals surface area contributed by atoms with Crippen LogP contribution < -0.4 is 14.8 Å². The molecule has 0 aliphatic rings. The SMILES string of the molecule is COc1cc(CNCCc2ccccc2)cc(Cl)c1OCc1ccc(Cl)cc1. The lowest BCUT2D eigenvalue weighted by Crippen LogP contribution is -2.16. The summed E-state index contributed by atoms with van der Waals surface area (Å²) in [5, 5.41) is 4.68. The molecule has 0 heterocycles. The molecule has 0 saturated heterocycles. The van der Waals surface area contributed by atoms with Crippen LogP contribution in [-0.2, 0) is 19.6 Å². The Balaban J connectivity index is 1.58. The van der Waals surface area contributed by atoms with Gasteiger partial charge in [-0.15, -0.1) is 0 Å². The normalized spacial score (nSPS) is 10.7. The van der Waals surface area contributed by atoms with Crippen molar-refractivity contribution in [1.29, 1.82) is 0 Å². The molecule has 3 rings (SSSR count). The maximum absolute atomic E-state index is 6.46. The van der Waals surface area contributed by atoms with Crippen molar-refractivity contribution >= 4 is 23.2 Å². The Morgan fingerprint density at radius 2 is 1.61 bits per heavy atom. The Bertz CT molecular complexity index is 883. The molecule has 0 bridgehead atoms. The summed E-state index contributed by atoms with van der Waals surface area (Å²) in [6.07, 6.45) is 0.980. The van der Waals surface area contributed by atoms with E-state index in [1.54, 1.807) is 7.11 Å². The third-order valence-electron chi connectivity index (χ3n) is 4.35. The summed E-state index contributed by atoms with van der Waals surface area (Å²) < 4.78 is 11.4. The molecule has 3 aromatic carbocycles. The quantitative estimate of drug-likeness (QED) is 0.440. The Morgan fingerprint density at radius 1 is 0.857 bits per heavy atom. The number of benzene rings is 3. The molecule has 0 atom stereocenters. The van der Waals surface area contributed by atoms with Crippen LogP contribution in [0.5, 0.6) is 11.5 Å². The van der Waals surface area contributed by atoms with Crippen LogP contribution in [0.1, 0.15) is 16.7 Å². The molecule has 0 saturated carbocycles. The molecule has 3 nitrogen and oxygen atoms in total. The minimum atomic E-state index is 0.391. The van der Waals surface area contributed by atoms with Crippen LogP contribution >= 0.6 is 23.2 Å². The van der Waals surface area contributed by atoms with E-state index < -0.39 is 0 Å². The highest BCUT2D eigenvalue weighted by Crippen LogP contribution is 2.37. The Kier molecular flexibility index (Phi) is 7.61. The highest BCUT2D eigenvalue weighted by Gasteiger charge is 2.12. The Labute approximate surface area is 176 Å². The fourth-order valence-corrected chi connectivity index (χ4v) is 3.28. The van der Waals surface area contributed by atoms with Gasteiger partial charge in [0.1, 0.15) is 6.61 Å². The van der Waals surface area contributed by atoms with Gasteiger partial charge in [0.05, 0.1) is 12.1 Å². The monoisotopic (exact) mass is 415 g/mol. The first-order chi connectivity index (χ1) is 13.7. The summed E-state index contributed by atoms with van der Waals surface area (Å²) in [6, 6.07) is 21.8. The standard InChI is InChI=1S/C23H23Cl2NO2/c1-27-22-14-19(15-26-12-11-17-5-3-2-4-6-17)13-21(25)23(22)28-16-18-7-9-20(24)10-8-18/h2-10,13-14,26H,11-12,15-16H2,1H3. The second-order valence-corrected chi connectivity index (χ2v) is 7.28. The van der Waals surface area contributed by atoms with Crippen molar-refractivity contribution in [1.82, 2.24) is 5.32 Å². The van der Waals surface area contributed by atoms with Crippen molar-refractivity contribution < 1.29 is 9.47 Å². The molecule has 0 unspecified atom stereocenters. The van der Waals surface area contributed by atoms with Gasteiger partial charge in [0, 0.05) is 11.6 Å². The Hall–Kier alpha value is -2.20. The number of halogens is 2. The second kappa shape index (κ2) is 10.4. The first-order valence-corrected chi connectivity index (χ1v) is 9.89. The van der Waals surface area contributed by atoms with Gasteiger partial charge < -0.3 is 14.8 Å². The zero-order valence-electron chi connectivity index (χ0n) is 15.8. The van der Waals surface area contributed by atoms with Crippen molar-refractivity contribution in [2.45, 2.75) is 19.6 Å². The maximum atomic E-state index is 6.46. The van der Waals surface area contributed by atoms with Gasteiger partial charge in [-0.05, 0) is 53.9 Å². The van der Waals surface area contributed by atoms with Crippen LogP contribution in [0, 0.1) is 0 Å². The van der Waals surface area contributed by atoms with E-state index >= 15 is 0 Å². The lowest BCUT2D eigenvalue weighted by atomic mass is 10.1. The molecule has 0 spiro atoms. The lowest BCUT2D eigenvalue weighted by molar-refractivity contribution is 0.284. The molecule has 0 amide bonds. The van der Waals surface area contributed by atoms with E-state index in [1.165, 1.54) is 5.56 Å². The van der Waals surface area contributed by atoms with E-state index in [2.05, 4.69) is 29.6 Å². The molecule has 0 aromatic heterocycles. The van der Waals surface area contributed by atoms with Gasteiger partial charge in [0.15, 0.2) is 11.5 Å². The molecular formula is C23H23Cl2NO2. The van der Waals surface area contributed by atoms with Gasteiger partial charge in [-0.3, -0.25) is 0 Å². The molecule has 1 N–H and O–H groups in total. The summed E-state index contributed by atoms with van der Waals surface area (Å²) in [6.45, 7) is 1.99. The highest BCUT2D eigenvalue weighted by atomic mass is 35.5. The van der Waals surface area contributed by atoms with Crippen LogP contribution in [0.2, 0.25) is 10.0 Å². The molecular weight excluding hydrogens is 393 g/mol. The van der Waals surface area contributed by atoms with Crippen molar-refractivity contribution in [3.63, 3.8) is 0 Å². The van der Waals surface area contributed by atoms with E-state index in [0.717, 1.165) is 24.1 Å². The van der Waals surface area contributed by atoms with Gasteiger partial charge in [0.25, 0.3) is 0 Å². The summed E-state index contributed by atoms with van der Waals surface area (Å²) in [7, 11) is 1.62. The van der Waals surface area contributed by atoms with Crippen molar-refractivity contribution in [3.05, 3.63) is 93.5 Å². The van der Waals surface area contributed by atoms with Gasteiger partial charge in [-0.25, -0.2) is 0 Å². The molecule has 0 radical (unpaired) electrons. The molecule has 3 aromatic rings.